The quantitative estimate of drug-likeness (QED) is 0.920. The van der Waals surface area contributed by atoms with Gasteiger partial charge in [-0.2, -0.15) is 0 Å². The second kappa shape index (κ2) is 6.79. The summed E-state index contributed by atoms with van der Waals surface area (Å²) in [5.41, 5.74) is 0.268. The molecule has 1 aliphatic rings. The molecular formula is C15H20F2N2O. The minimum Gasteiger partial charge on any atom is -0.341 e. The summed E-state index contributed by atoms with van der Waals surface area (Å²) in [5.74, 6) is -1.60. The third kappa shape index (κ3) is 3.33. The van der Waals surface area contributed by atoms with Crippen molar-refractivity contribution in [1.82, 2.24) is 10.2 Å². The summed E-state index contributed by atoms with van der Waals surface area (Å²) in [6.07, 6.45) is 3.46. The molecule has 1 unspecified atom stereocenters. The van der Waals surface area contributed by atoms with E-state index in [-0.39, 0.29) is 11.5 Å². The number of amides is 1. The number of carbonyl (C=O) groups is 1. The predicted octanol–water partition coefficient (Wildman–Crippen LogP) is 2.63. The van der Waals surface area contributed by atoms with Crippen LogP contribution in [0.4, 0.5) is 8.78 Å². The second-order valence-corrected chi connectivity index (χ2v) is 5.13. The lowest BCUT2D eigenvalue weighted by Crippen LogP contribution is -2.38. The van der Waals surface area contributed by atoms with Crippen molar-refractivity contribution in [2.45, 2.75) is 31.7 Å². The number of rotatable bonds is 4. The zero-order valence-corrected chi connectivity index (χ0v) is 11.7. The normalized spacial score (nSPS) is 17.9. The Bertz CT molecular complexity index is 479. The molecule has 0 aliphatic carbocycles. The minimum atomic E-state index is -0.857. The summed E-state index contributed by atoms with van der Waals surface area (Å²) in [6.45, 7) is 1.06. The molecule has 0 radical (unpaired) electrons. The van der Waals surface area contributed by atoms with Gasteiger partial charge in [0.15, 0.2) is 11.6 Å². The van der Waals surface area contributed by atoms with Crippen LogP contribution in [0.2, 0.25) is 0 Å². The molecule has 0 saturated carbocycles. The Morgan fingerprint density at radius 2 is 2.10 bits per heavy atom. The Morgan fingerprint density at radius 1 is 1.30 bits per heavy atom. The van der Waals surface area contributed by atoms with Crippen molar-refractivity contribution >= 4 is 5.91 Å². The van der Waals surface area contributed by atoms with E-state index in [4.69, 9.17) is 0 Å². The van der Waals surface area contributed by atoms with Gasteiger partial charge in [-0.15, -0.1) is 0 Å². The molecule has 0 spiro atoms. The van der Waals surface area contributed by atoms with Crippen LogP contribution >= 0.6 is 0 Å². The van der Waals surface area contributed by atoms with Gasteiger partial charge in [-0.3, -0.25) is 4.79 Å². The fraction of sp³-hybridized carbons (Fsp3) is 0.533. The highest BCUT2D eigenvalue weighted by molar-refractivity contribution is 5.76. The van der Waals surface area contributed by atoms with Crippen LogP contribution in [0.25, 0.3) is 0 Å². The van der Waals surface area contributed by atoms with Gasteiger partial charge in [-0.05, 0) is 26.0 Å². The van der Waals surface area contributed by atoms with Crippen LogP contribution in [0.15, 0.2) is 18.2 Å². The number of hydrogen-bond acceptors (Lipinski definition) is 2. The molecule has 20 heavy (non-hydrogen) atoms. The van der Waals surface area contributed by atoms with Crippen molar-refractivity contribution in [1.29, 1.82) is 0 Å². The van der Waals surface area contributed by atoms with Crippen LogP contribution in [0, 0.1) is 11.6 Å². The number of hydrogen-bond donors (Lipinski definition) is 1. The van der Waals surface area contributed by atoms with Crippen LogP contribution in [0.3, 0.4) is 0 Å². The van der Waals surface area contributed by atoms with E-state index in [1.807, 2.05) is 0 Å². The molecule has 1 atom stereocenters. The summed E-state index contributed by atoms with van der Waals surface area (Å²) in [6, 6.07) is 3.75. The fourth-order valence-corrected chi connectivity index (χ4v) is 2.59. The summed E-state index contributed by atoms with van der Waals surface area (Å²) in [4.78, 5) is 13.7. The van der Waals surface area contributed by atoms with E-state index < -0.39 is 17.7 Å². The second-order valence-electron chi connectivity index (χ2n) is 5.13. The standard InChI is InChI=1S/C15H20F2N2O/c1-18-13(11-6-5-7-12(16)15(11)17)10-19-9-4-2-3-8-14(19)20/h5-7,13,18H,2-4,8-10H2,1H3. The predicted molar refractivity (Wildman–Crippen MR) is 73.2 cm³/mol. The van der Waals surface area contributed by atoms with Crippen LogP contribution in [0.5, 0.6) is 0 Å². The summed E-state index contributed by atoms with van der Waals surface area (Å²) in [7, 11) is 1.69. The molecule has 2 rings (SSSR count). The number of likely N-dealkylation sites (N-methyl/N-ethyl adjacent to an activating group) is 1. The molecule has 1 aliphatic heterocycles. The Kier molecular flexibility index (Phi) is 5.06. The van der Waals surface area contributed by atoms with Crippen LogP contribution in [-0.2, 0) is 4.79 Å². The van der Waals surface area contributed by atoms with Crippen LogP contribution in [0.1, 0.15) is 37.3 Å². The molecule has 110 valence electrons. The van der Waals surface area contributed by atoms with Crippen molar-refractivity contribution in [3.05, 3.63) is 35.4 Å². The Hall–Kier alpha value is -1.49. The van der Waals surface area contributed by atoms with E-state index in [0.29, 0.717) is 19.5 Å². The lowest BCUT2D eigenvalue weighted by Gasteiger charge is -2.27. The Balaban J connectivity index is 2.15. The molecule has 1 fully saturated rings. The Labute approximate surface area is 118 Å². The minimum absolute atomic E-state index is 0.0968. The molecule has 1 aromatic rings. The molecule has 3 nitrogen and oxygen atoms in total. The lowest BCUT2D eigenvalue weighted by molar-refractivity contribution is -0.131. The number of carbonyl (C=O) groups excluding carboxylic acids is 1. The monoisotopic (exact) mass is 282 g/mol. The lowest BCUT2D eigenvalue weighted by atomic mass is 10.1. The maximum absolute atomic E-state index is 13.9. The first kappa shape index (κ1) is 14.9. The molecule has 5 heteroatoms. The van der Waals surface area contributed by atoms with Crippen molar-refractivity contribution < 1.29 is 13.6 Å². The van der Waals surface area contributed by atoms with Gasteiger partial charge < -0.3 is 10.2 Å². The molecular weight excluding hydrogens is 262 g/mol. The van der Waals surface area contributed by atoms with Crippen molar-refractivity contribution in [3.8, 4) is 0 Å². The highest BCUT2D eigenvalue weighted by Crippen LogP contribution is 2.22. The van der Waals surface area contributed by atoms with Crippen LogP contribution < -0.4 is 5.32 Å². The van der Waals surface area contributed by atoms with E-state index >= 15 is 0 Å². The third-order valence-electron chi connectivity index (χ3n) is 3.78. The van der Waals surface area contributed by atoms with Gasteiger partial charge in [0.2, 0.25) is 5.91 Å². The highest BCUT2D eigenvalue weighted by atomic mass is 19.2. The van der Waals surface area contributed by atoms with E-state index in [1.165, 1.54) is 6.07 Å². The van der Waals surface area contributed by atoms with E-state index in [0.717, 1.165) is 25.3 Å². The van der Waals surface area contributed by atoms with Gasteiger partial charge in [0.05, 0.1) is 6.04 Å². The SMILES string of the molecule is CNC(CN1CCCCCC1=O)c1cccc(F)c1F. The number of nitrogens with one attached hydrogen (secondary N) is 1. The van der Waals surface area contributed by atoms with Gasteiger partial charge in [0.1, 0.15) is 0 Å². The zero-order chi connectivity index (χ0) is 14.5. The smallest absolute Gasteiger partial charge is 0.222 e. The molecule has 1 heterocycles. The highest BCUT2D eigenvalue weighted by Gasteiger charge is 2.23. The van der Waals surface area contributed by atoms with Gasteiger partial charge in [-0.25, -0.2) is 8.78 Å². The largest absolute Gasteiger partial charge is 0.341 e. The summed E-state index contributed by atoms with van der Waals surface area (Å²) < 4.78 is 27.2. The first-order valence-electron chi connectivity index (χ1n) is 7.02. The number of benzene rings is 1. The number of halogens is 2. The molecule has 1 N–H and O–H groups in total. The molecule has 1 amide bonds. The maximum Gasteiger partial charge on any atom is 0.222 e. The molecule has 0 aromatic heterocycles. The first-order chi connectivity index (χ1) is 9.63. The molecule has 1 saturated heterocycles. The average Bonchev–Trinajstić information content (AvgIpc) is 2.64. The van der Waals surface area contributed by atoms with Crippen molar-refractivity contribution in [3.63, 3.8) is 0 Å². The molecule has 1 aromatic carbocycles. The number of likely N-dealkylation sites (tertiary alicyclic amines) is 1. The van der Waals surface area contributed by atoms with Gasteiger partial charge in [-0.1, -0.05) is 18.6 Å². The van der Waals surface area contributed by atoms with Crippen molar-refractivity contribution in [2.24, 2.45) is 0 Å². The van der Waals surface area contributed by atoms with Crippen LogP contribution in [-0.4, -0.2) is 30.9 Å². The average molecular weight is 282 g/mol. The zero-order valence-electron chi connectivity index (χ0n) is 11.7. The van der Waals surface area contributed by atoms with E-state index in [1.54, 1.807) is 18.0 Å². The van der Waals surface area contributed by atoms with E-state index in [2.05, 4.69) is 5.32 Å². The molecule has 0 bridgehead atoms. The fourth-order valence-electron chi connectivity index (χ4n) is 2.59. The number of nitrogens with zero attached hydrogens (tertiary/aromatic N) is 1. The Morgan fingerprint density at radius 3 is 2.85 bits per heavy atom. The van der Waals surface area contributed by atoms with Gasteiger partial charge >= 0.3 is 0 Å². The topological polar surface area (TPSA) is 32.3 Å². The first-order valence-corrected chi connectivity index (χ1v) is 7.02. The summed E-state index contributed by atoms with van der Waals surface area (Å²) in [5, 5.41) is 2.97. The van der Waals surface area contributed by atoms with Gasteiger partial charge in [0.25, 0.3) is 0 Å². The van der Waals surface area contributed by atoms with Gasteiger partial charge in [0, 0.05) is 25.1 Å². The van der Waals surface area contributed by atoms with Crippen molar-refractivity contribution in [2.75, 3.05) is 20.1 Å². The summed E-state index contributed by atoms with van der Waals surface area (Å²) >= 11 is 0. The maximum atomic E-state index is 13.9. The third-order valence-corrected chi connectivity index (χ3v) is 3.78. The van der Waals surface area contributed by atoms with E-state index in [9.17, 15) is 13.6 Å².